The molecule has 0 amide bonds. The highest BCUT2D eigenvalue weighted by Crippen LogP contribution is 2.17. The van der Waals surface area contributed by atoms with Gasteiger partial charge < -0.3 is 10.1 Å². The minimum atomic E-state index is -0.374. The summed E-state index contributed by atoms with van der Waals surface area (Å²) in [6.07, 6.45) is 0. The summed E-state index contributed by atoms with van der Waals surface area (Å²) in [6, 6.07) is 5.20. The lowest BCUT2D eigenvalue weighted by atomic mass is 10.1. The number of ether oxygens (including phenoxy) is 1. The average molecular weight is 206 g/mol. The molecule has 1 aromatic rings. The van der Waals surface area contributed by atoms with Crippen molar-refractivity contribution in [1.82, 2.24) is 0 Å². The molecule has 0 unspecified atom stereocenters. The molecule has 80 valence electrons. The summed E-state index contributed by atoms with van der Waals surface area (Å²) in [5.74, 6) is -0.0409. The van der Waals surface area contributed by atoms with E-state index in [0.717, 1.165) is 11.3 Å². The van der Waals surface area contributed by atoms with Gasteiger partial charge in [0.15, 0.2) is 0 Å². The fourth-order valence-electron chi connectivity index (χ4n) is 1.20. The molecule has 15 heavy (non-hydrogen) atoms. The number of aryl methyl sites for hydroxylation is 1. The third kappa shape index (κ3) is 2.80. The Labute approximate surface area is 88.8 Å². The van der Waals surface area contributed by atoms with Crippen LogP contribution in [0.4, 0.5) is 5.69 Å². The van der Waals surface area contributed by atoms with Crippen LogP contribution in [0.5, 0.6) is 0 Å². The highest BCUT2D eigenvalue weighted by atomic mass is 16.5. The van der Waals surface area contributed by atoms with Gasteiger partial charge in [0.05, 0.1) is 18.5 Å². The van der Waals surface area contributed by atoms with Gasteiger partial charge in [0.25, 0.3) is 0 Å². The minimum absolute atomic E-state index is 0.333. The molecule has 0 atom stereocenters. The maximum atomic E-state index is 11.3. The van der Waals surface area contributed by atoms with Crippen LogP contribution in [-0.2, 0) is 4.74 Å². The fourth-order valence-corrected chi connectivity index (χ4v) is 1.20. The number of carbonyl (C=O) groups excluding carboxylic acids is 1. The second-order valence-corrected chi connectivity index (χ2v) is 3.27. The number of carbonyl (C=O) groups is 1. The van der Waals surface area contributed by atoms with Gasteiger partial charge in [-0.15, -0.1) is 0 Å². The highest BCUT2D eigenvalue weighted by molar-refractivity contribution is 5.95. The second kappa shape index (κ2) is 4.59. The van der Waals surface area contributed by atoms with Crippen molar-refractivity contribution in [2.45, 2.75) is 13.8 Å². The van der Waals surface area contributed by atoms with Crippen LogP contribution in [0.3, 0.4) is 0 Å². The van der Waals surface area contributed by atoms with E-state index in [2.05, 4.69) is 10.1 Å². The van der Waals surface area contributed by atoms with Crippen molar-refractivity contribution in [2.24, 2.45) is 0 Å². The van der Waals surface area contributed by atoms with E-state index in [4.69, 9.17) is 5.41 Å². The molecule has 4 nitrogen and oxygen atoms in total. The number of amidine groups is 1. The molecule has 0 saturated heterocycles. The lowest BCUT2D eigenvalue weighted by Gasteiger charge is -2.09. The molecule has 0 aliphatic heterocycles. The molecule has 0 bridgehead atoms. The van der Waals surface area contributed by atoms with Gasteiger partial charge in [0.1, 0.15) is 0 Å². The Morgan fingerprint density at radius 3 is 2.67 bits per heavy atom. The van der Waals surface area contributed by atoms with Crippen molar-refractivity contribution in [2.75, 3.05) is 12.4 Å². The van der Waals surface area contributed by atoms with Gasteiger partial charge in [0, 0.05) is 5.69 Å². The molecule has 1 aromatic carbocycles. The number of anilines is 1. The molecular formula is C11H14N2O2. The van der Waals surface area contributed by atoms with Crippen LogP contribution in [0.2, 0.25) is 0 Å². The summed E-state index contributed by atoms with van der Waals surface area (Å²) in [6.45, 7) is 3.55. The molecule has 0 aliphatic carbocycles. The van der Waals surface area contributed by atoms with Crippen LogP contribution in [0, 0.1) is 12.3 Å². The van der Waals surface area contributed by atoms with Crippen LogP contribution >= 0.6 is 0 Å². The quantitative estimate of drug-likeness (QED) is 0.443. The van der Waals surface area contributed by atoms with Crippen LogP contribution < -0.4 is 5.32 Å². The van der Waals surface area contributed by atoms with Crippen molar-refractivity contribution < 1.29 is 9.53 Å². The summed E-state index contributed by atoms with van der Waals surface area (Å²) in [5, 5.41) is 10.2. The molecule has 2 N–H and O–H groups in total. The first-order chi connectivity index (χ1) is 7.04. The molecule has 0 saturated carbocycles. The van der Waals surface area contributed by atoms with Crippen molar-refractivity contribution in [3.05, 3.63) is 29.3 Å². The normalized spacial score (nSPS) is 9.53. The molecule has 0 aliphatic rings. The summed E-state index contributed by atoms with van der Waals surface area (Å²) in [7, 11) is 1.34. The van der Waals surface area contributed by atoms with E-state index < -0.39 is 0 Å². The van der Waals surface area contributed by atoms with Crippen molar-refractivity contribution in [1.29, 1.82) is 5.41 Å². The Balaban J connectivity index is 3.05. The molecular weight excluding hydrogens is 192 g/mol. The third-order valence-corrected chi connectivity index (χ3v) is 1.98. The number of hydrogen-bond acceptors (Lipinski definition) is 3. The molecule has 0 aromatic heterocycles. The third-order valence-electron chi connectivity index (χ3n) is 1.98. The Hall–Kier alpha value is -1.84. The van der Waals surface area contributed by atoms with Crippen molar-refractivity contribution in [3.63, 3.8) is 0 Å². The van der Waals surface area contributed by atoms with Crippen LogP contribution in [-0.4, -0.2) is 18.9 Å². The van der Waals surface area contributed by atoms with Gasteiger partial charge in [-0.3, -0.25) is 5.41 Å². The van der Waals surface area contributed by atoms with Crippen LogP contribution in [0.15, 0.2) is 18.2 Å². The first-order valence-corrected chi connectivity index (χ1v) is 4.55. The van der Waals surface area contributed by atoms with Crippen molar-refractivity contribution in [3.8, 4) is 0 Å². The van der Waals surface area contributed by atoms with Gasteiger partial charge in [-0.1, -0.05) is 6.07 Å². The zero-order valence-electron chi connectivity index (χ0n) is 9.05. The van der Waals surface area contributed by atoms with E-state index in [1.807, 2.05) is 13.0 Å². The molecule has 0 fully saturated rings. The monoisotopic (exact) mass is 206 g/mol. The number of esters is 1. The van der Waals surface area contributed by atoms with E-state index >= 15 is 0 Å². The van der Waals surface area contributed by atoms with E-state index in [1.165, 1.54) is 7.11 Å². The standard InChI is InChI=1S/C11H14N2O2/c1-7-4-5-9(11(14)15-3)6-10(7)13-8(2)12/h4-6H,1-3H3,(H2,12,13). The molecule has 0 heterocycles. The van der Waals surface area contributed by atoms with Crippen molar-refractivity contribution >= 4 is 17.5 Å². The molecule has 0 spiro atoms. The first kappa shape index (κ1) is 11.2. The van der Waals surface area contributed by atoms with E-state index in [0.29, 0.717) is 11.4 Å². The number of rotatable bonds is 2. The van der Waals surface area contributed by atoms with E-state index in [9.17, 15) is 4.79 Å². The SMILES string of the molecule is COC(=O)c1ccc(C)c(NC(C)=N)c1. The summed E-state index contributed by atoms with van der Waals surface area (Å²) in [5.41, 5.74) is 2.21. The zero-order valence-corrected chi connectivity index (χ0v) is 9.05. The lowest BCUT2D eigenvalue weighted by molar-refractivity contribution is 0.0601. The minimum Gasteiger partial charge on any atom is -0.465 e. The number of hydrogen-bond donors (Lipinski definition) is 2. The number of benzene rings is 1. The molecule has 1 rings (SSSR count). The van der Waals surface area contributed by atoms with Gasteiger partial charge >= 0.3 is 5.97 Å². The first-order valence-electron chi connectivity index (χ1n) is 4.55. The molecule has 0 radical (unpaired) electrons. The van der Waals surface area contributed by atoms with Gasteiger partial charge in [-0.05, 0) is 31.5 Å². The van der Waals surface area contributed by atoms with Crippen LogP contribution in [0.1, 0.15) is 22.8 Å². The lowest BCUT2D eigenvalue weighted by Crippen LogP contribution is -2.08. The van der Waals surface area contributed by atoms with E-state index in [-0.39, 0.29) is 5.97 Å². The second-order valence-electron chi connectivity index (χ2n) is 3.27. The average Bonchev–Trinajstić information content (AvgIpc) is 2.19. The largest absolute Gasteiger partial charge is 0.465 e. The number of nitrogens with one attached hydrogen (secondary N) is 2. The van der Waals surface area contributed by atoms with Gasteiger partial charge in [0.2, 0.25) is 0 Å². The predicted octanol–water partition coefficient (Wildman–Crippen LogP) is 2.19. The van der Waals surface area contributed by atoms with E-state index in [1.54, 1.807) is 19.1 Å². The Kier molecular flexibility index (Phi) is 3.44. The van der Waals surface area contributed by atoms with Crippen LogP contribution in [0.25, 0.3) is 0 Å². The van der Waals surface area contributed by atoms with Gasteiger partial charge in [-0.2, -0.15) is 0 Å². The number of methoxy groups -OCH3 is 1. The van der Waals surface area contributed by atoms with Gasteiger partial charge in [-0.25, -0.2) is 4.79 Å². The summed E-state index contributed by atoms with van der Waals surface area (Å²) in [4.78, 5) is 11.3. The Bertz CT molecular complexity index is 400. The molecule has 4 heteroatoms. The topological polar surface area (TPSA) is 62.2 Å². The summed E-state index contributed by atoms with van der Waals surface area (Å²) < 4.78 is 4.62. The Morgan fingerprint density at radius 1 is 1.47 bits per heavy atom. The maximum absolute atomic E-state index is 11.3. The Morgan fingerprint density at radius 2 is 2.13 bits per heavy atom. The highest BCUT2D eigenvalue weighted by Gasteiger charge is 2.07. The fraction of sp³-hybridized carbons (Fsp3) is 0.273. The maximum Gasteiger partial charge on any atom is 0.337 e. The predicted molar refractivity (Wildman–Crippen MR) is 59.5 cm³/mol. The summed E-state index contributed by atoms with van der Waals surface area (Å²) >= 11 is 0. The smallest absolute Gasteiger partial charge is 0.337 e. The zero-order chi connectivity index (χ0) is 11.4.